The monoisotopic (exact) mass is 354 g/mol. The Labute approximate surface area is 144 Å². The fourth-order valence-electron chi connectivity index (χ4n) is 2.02. The third-order valence-electron chi connectivity index (χ3n) is 3.26. The Bertz CT molecular complexity index is 662. The minimum atomic E-state index is -0.238. The van der Waals surface area contributed by atoms with E-state index in [-0.39, 0.29) is 11.7 Å². The number of hydrogen-bond acceptors (Lipinski definition) is 2. The molecule has 122 valence electrons. The second-order valence-electron chi connectivity index (χ2n) is 5.03. The molecule has 23 heavy (non-hydrogen) atoms. The normalized spacial score (nSPS) is 10.6. The molecule has 3 nitrogen and oxygen atoms in total. The van der Waals surface area contributed by atoms with Crippen molar-refractivity contribution < 1.29 is 9.18 Å². The highest BCUT2D eigenvalue weighted by Gasteiger charge is 2.07. The molecule has 0 aliphatic rings. The van der Waals surface area contributed by atoms with Crippen molar-refractivity contribution in [3.05, 3.63) is 63.9 Å². The molecular weight excluding hydrogens is 338 g/mol. The number of hydrogen-bond donors (Lipinski definition) is 2. The summed E-state index contributed by atoms with van der Waals surface area (Å²) >= 11 is 11.9. The van der Waals surface area contributed by atoms with E-state index in [9.17, 15) is 9.18 Å². The van der Waals surface area contributed by atoms with Crippen molar-refractivity contribution in [3.63, 3.8) is 0 Å². The van der Waals surface area contributed by atoms with E-state index in [2.05, 4.69) is 10.6 Å². The first-order valence-corrected chi connectivity index (χ1v) is 8.01. The van der Waals surface area contributed by atoms with Crippen molar-refractivity contribution in [2.75, 3.05) is 18.4 Å². The van der Waals surface area contributed by atoms with Crippen molar-refractivity contribution in [1.29, 1.82) is 0 Å². The zero-order chi connectivity index (χ0) is 16.7. The van der Waals surface area contributed by atoms with E-state index < -0.39 is 0 Å². The van der Waals surface area contributed by atoms with E-state index in [0.29, 0.717) is 28.7 Å². The van der Waals surface area contributed by atoms with Gasteiger partial charge in [0.2, 0.25) is 5.91 Å². The van der Waals surface area contributed by atoms with E-state index in [1.54, 1.807) is 30.3 Å². The number of anilines is 1. The minimum absolute atomic E-state index is 0.136. The summed E-state index contributed by atoms with van der Waals surface area (Å²) in [4.78, 5) is 11.9. The predicted molar refractivity (Wildman–Crippen MR) is 92.7 cm³/mol. The molecule has 0 spiro atoms. The lowest BCUT2D eigenvalue weighted by Gasteiger charge is -2.09. The van der Waals surface area contributed by atoms with Crippen LogP contribution in [-0.4, -0.2) is 19.0 Å². The minimum Gasteiger partial charge on any atom is -0.325 e. The van der Waals surface area contributed by atoms with Gasteiger partial charge >= 0.3 is 0 Å². The topological polar surface area (TPSA) is 41.1 Å². The molecule has 0 saturated heterocycles. The fourth-order valence-corrected chi connectivity index (χ4v) is 2.37. The third kappa shape index (κ3) is 5.82. The summed E-state index contributed by atoms with van der Waals surface area (Å²) in [6.45, 7) is 1.27. The molecule has 2 aromatic rings. The lowest BCUT2D eigenvalue weighted by Crippen LogP contribution is -2.23. The van der Waals surface area contributed by atoms with Crippen molar-refractivity contribution in [3.8, 4) is 0 Å². The van der Waals surface area contributed by atoms with E-state index in [1.165, 1.54) is 12.1 Å². The largest absolute Gasteiger partial charge is 0.325 e. The fraction of sp³-hybridized carbons (Fsp3) is 0.235. The highest BCUT2D eigenvalue weighted by atomic mass is 35.5. The van der Waals surface area contributed by atoms with Crippen molar-refractivity contribution in [1.82, 2.24) is 5.32 Å². The quantitative estimate of drug-likeness (QED) is 0.728. The maximum atomic E-state index is 12.8. The summed E-state index contributed by atoms with van der Waals surface area (Å²) in [6, 6.07) is 11.5. The van der Waals surface area contributed by atoms with Crippen LogP contribution >= 0.6 is 23.2 Å². The molecule has 0 aromatic heterocycles. The highest BCUT2D eigenvalue weighted by molar-refractivity contribution is 6.43. The van der Waals surface area contributed by atoms with Gasteiger partial charge in [-0.15, -0.1) is 0 Å². The van der Waals surface area contributed by atoms with Crippen LogP contribution in [0.5, 0.6) is 0 Å². The van der Waals surface area contributed by atoms with Gasteiger partial charge < -0.3 is 10.6 Å². The van der Waals surface area contributed by atoms with Crippen molar-refractivity contribution >= 4 is 34.8 Å². The molecule has 0 unspecified atom stereocenters. The van der Waals surface area contributed by atoms with Crippen LogP contribution in [0.15, 0.2) is 42.5 Å². The van der Waals surface area contributed by atoms with Crippen molar-refractivity contribution in [2.45, 2.75) is 12.8 Å². The Morgan fingerprint density at radius 1 is 1.04 bits per heavy atom. The summed E-state index contributed by atoms with van der Waals surface area (Å²) in [7, 11) is 0. The molecule has 2 rings (SSSR count). The number of halogens is 3. The Balaban J connectivity index is 1.67. The lowest BCUT2D eigenvalue weighted by molar-refractivity contribution is -0.116. The molecular formula is C17H17Cl2FN2O. The van der Waals surface area contributed by atoms with Crippen LogP contribution in [0.25, 0.3) is 0 Å². The van der Waals surface area contributed by atoms with Crippen LogP contribution in [0.2, 0.25) is 10.0 Å². The van der Waals surface area contributed by atoms with Gasteiger partial charge in [0.15, 0.2) is 0 Å². The number of benzene rings is 2. The highest BCUT2D eigenvalue weighted by Crippen LogP contribution is 2.29. The molecule has 0 bridgehead atoms. The van der Waals surface area contributed by atoms with Gasteiger partial charge in [-0.3, -0.25) is 4.79 Å². The van der Waals surface area contributed by atoms with E-state index in [0.717, 1.165) is 18.5 Å². The van der Waals surface area contributed by atoms with Gasteiger partial charge in [-0.1, -0.05) is 41.4 Å². The zero-order valence-corrected chi connectivity index (χ0v) is 13.9. The first kappa shape index (κ1) is 17.7. The van der Waals surface area contributed by atoms with Gasteiger partial charge in [-0.2, -0.15) is 0 Å². The van der Waals surface area contributed by atoms with Crippen LogP contribution in [0.1, 0.15) is 12.0 Å². The van der Waals surface area contributed by atoms with E-state index in [1.807, 2.05) is 0 Å². The van der Waals surface area contributed by atoms with Crippen LogP contribution in [0.3, 0.4) is 0 Å². The van der Waals surface area contributed by atoms with Gasteiger partial charge in [0.05, 0.1) is 15.7 Å². The Morgan fingerprint density at radius 2 is 1.78 bits per heavy atom. The molecule has 0 fully saturated rings. The number of carbonyl (C=O) groups excluding carboxylic acids is 1. The Hall–Kier alpha value is -1.62. The molecule has 6 heteroatoms. The molecule has 2 N–H and O–H groups in total. The number of amides is 1. The smallest absolute Gasteiger partial charge is 0.225 e. The summed E-state index contributed by atoms with van der Waals surface area (Å²) in [6.07, 6.45) is 1.11. The van der Waals surface area contributed by atoms with E-state index >= 15 is 0 Å². The maximum Gasteiger partial charge on any atom is 0.225 e. The molecule has 0 radical (unpaired) electrons. The van der Waals surface area contributed by atoms with E-state index in [4.69, 9.17) is 23.2 Å². The second kappa shape index (κ2) is 8.87. The molecule has 0 heterocycles. The average molecular weight is 355 g/mol. The van der Waals surface area contributed by atoms with Gasteiger partial charge in [0.25, 0.3) is 0 Å². The molecule has 0 aliphatic carbocycles. The van der Waals surface area contributed by atoms with Gasteiger partial charge in [-0.05, 0) is 42.8 Å². The zero-order valence-electron chi connectivity index (χ0n) is 12.4. The standard InChI is InChI=1S/C17H17Cl2FN2O/c18-14-2-1-3-15(17(14)19)22-16(23)9-11-21-10-8-12-4-6-13(20)7-5-12/h1-7,21H,8-11H2,(H,22,23). The van der Waals surface area contributed by atoms with Crippen molar-refractivity contribution in [2.24, 2.45) is 0 Å². The molecule has 1 amide bonds. The lowest BCUT2D eigenvalue weighted by atomic mass is 10.1. The van der Waals surface area contributed by atoms with Crippen LogP contribution < -0.4 is 10.6 Å². The summed E-state index contributed by atoms with van der Waals surface area (Å²) in [5.41, 5.74) is 1.56. The first-order chi connectivity index (χ1) is 11.1. The summed E-state index contributed by atoms with van der Waals surface area (Å²) in [5.74, 6) is -0.374. The summed E-state index contributed by atoms with van der Waals surface area (Å²) < 4.78 is 12.8. The molecule has 0 saturated carbocycles. The average Bonchev–Trinajstić information content (AvgIpc) is 2.53. The van der Waals surface area contributed by atoms with Crippen LogP contribution in [-0.2, 0) is 11.2 Å². The maximum absolute atomic E-state index is 12.8. The molecule has 0 atom stereocenters. The van der Waals surface area contributed by atoms with Gasteiger partial charge in [-0.25, -0.2) is 4.39 Å². The second-order valence-corrected chi connectivity index (χ2v) is 5.81. The van der Waals surface area contributed by atoms with Gasteiger partial charge in [0.1, 0.15) is 5.82 Å². The third-order valence-corrected chi connectivity index (χ3v) is 4.08. The Kier molecular flexibility index (Phi) is 6.84. The Morgan fingerprint density at radius 3 is 2.52 bits per heavy atom. The molecule has 0 aliphatic heterocycles. The number of carbonyl (C=O) groups is 1. The molecule has 2 aromatic carbocycles. The van der Waals surface area contributed by atoms with Crippen LogP contribution in [0.4, 0.5) is 10.1 Å². The first-order valence-electron chi connectivity index (χ1n) is 7.25. The van der Waals surface area contributed by atoms with Gasteiger partial charge in [0, 0.05) is 13.0 Å². The van der Waals surface area contributed by atoms with Crippen LogP contribution in [0, 0.1) is 5.82 Å². The summed E-state index contributed by atoms with van der Waals surface area (Å²) in [5, 5.41) is 6.65. The number of nitrogens with one attached hydrogen (secondary N) is 2. The predicted octanol–water partition coefficient (Wildman–Crippen LogP) is 4.29. The SMILES string of the molecule is O=C(CCNCCc1ccc(F)cc1)Nc1cccc(Cl)c1Cl. The number of rotatable bonds is 7.